The van der Waals surface area contributed by atoms with Crippen molar-refractivity contribution < 1.29 is 9.59 Å². The molecule has 1 atom stereocenters. The van der Waals surface area contributed by atoms with Crippen LogP contribution in [0, 0.1) is 5.92 Å². The van der Waals surface area contributed by atoms with Crippen LogP contribution in [0.25, 0.3) is 0 Å². The molecule has 1 unspecified atom stereocenters. The zero-order valence-electron chi connectivity index (χ0n) is 8.88. The molecule has 1 aliphatic heterocycles. The number of imide groups is 1. The monoisotopic (exact) mass is 198 g/mol. The molecule has 1 saturated heterocycles. The van der Waals surface area contributed by atoms with E-state index in [0.29, 0.717) is 19.5 Å². The van der Waals surface area contributed by atoms with Gasteiger partial charge in [0, 0.05) is 25.4 Å². The van der Waals surface area contributed by atoms with Crippen LogP contribution in [0.15, 0.2) is 0 Å². The summed E-state index contributed by atoms with van der Waals surface area (Å²) in [5.74, 6) is -0.164. The number of carbonyl (C=O) groups is 2. The lowest BCUT2D eigenvalue weighted by atomic mass is 10.1. The molecule has 1 heterocycles. The number of amides is 2. The predicted molar refractivity (Wildman–Crippen MR) is 53.7 cm³/mol. The average molecular weight is 198 g/mol. The lowest BCUT2D eigenvalue weighted by molar-refractivity contribution is -0.139. The summed E-state index contributed by atoms with van der Waals surface area (Å²) in [6.07, 6.45) is 1.45. The molecule has 0 aromatic heterocycles. The molecule has 0 bridgehead atoms. The highest BCUT2D eigenvalue weighted by Gasteiger charge is 2.34. The molecule has 14 heavy (non-hydrogen) atoms. The van der Waals surface area contributed by atoms with Gasteiger partial charge in [-0.2, -0.15) is 0 Å². The van der Waals surface area contributed by atoms with Gasteiger partial charge in [-0.05, 0) is 13.0 Å². The fraction of sp³-hybridized carbons (Fsp3) is 0.800. The quantitative estimate of drug-likeness (QED) is 0.513. The summed E-state index contributed by atoms with van der Waals surface area (Å²) in [5.41, 5.74) is 0. The van der Waals surface area contributed by atoms with Crippen LogP contribution in [0.2, 0.25) is 0 Å². The van der Waals surface area contributed by atoms with Crippen LogP contribution >= 0.6 is 0 Å². The number of nitrogens with one attached hydrogen (secondary N) is 1. The van der Waals surface area contributed by atoms with Crippen molar-refractivity contribution in [1.82, 2.24) is 10.2 Å². The third-order valence-corrected chi connectivity index (χ3v) is 2.41. The molecule has 0 aromatic carbocycles. The second-order valence-electron chi connectivity index (χ2n) is 3.74. The number of hydrogen-bond donors (Lipinski definition) is 1. The van der Waals surface area contributed by atoms with Crippen molar-refractivity contribution in [2.75, 3.05) is 19.6 Å². The minimum absolute atomic E-state index is 0.0201. The van der Waals surface area contributed by atoms with E-state index in [4.69, 9.17) is 0 Å². The van der Waals surface area contributed by atoms with Crippen LogP contribution in [0.1, 0.15) is 26.7 Å². The maximum absolute atomic E-state index is 11.5. The zero-order valence-corrected chi connectivity index (χ0v) is 8.88. The van der Waals surface area contributed by atoms with Crippen molar-refractivity contribution >= 4 is 11.8 Å². The standard InChI is InChI=1S/C10H18N2O2/c1-3-4-11-5-6-12-9(13)7-8(2)10(12)14/h8,11H,3-7H2,1-2H3. The van der Waals surface area contributed by atoms with Crippen LogP contribution in [-0.4, -0.2) is 36.3 Å². The topological polar surface area (TPSA) is 49.4 Å². The summed E-state index contributed by atoms with van der Waals surface area (Å²) in [4.78, 5) is 24.2. The molecule has 1 rings (SSSR count). The highest BCUT2D eigenvalue weighted by atomic mass is 16.2. The van der Waals surface area contributed by atoms with Crippen LogP contribution in [-0.2, 0) is 9.59 Å². The summed E-state index contributed by atoms with van der Waals surface area (Å²) < 4.78 is 0. The second-order valence-corrected chi connectivity index (χ2v) is 3.74. The third kappa shape index (κ3) is 2.54. The highest BCUT2D eigenvalue weighted by molar-refractivity contribution is 6.03. The third-order valence-electron chi connectivity index (χ3n) is 2.41. The maximum atomic E-state index is 11.5. The first-order valence-electron chi connectivity index (χ1n) is 5.21. The van der Waals surface area contributed by atoms with E-state index >= 15 is 0 Å². The zero-order chi connectivity index (χ0) is 10.6. The van der Waals surface area contributed by atoms with Gasteiger partial charge in [-0.15, -0.1) is 0 Å². The number of hydrogen-bond acceptors (Lipinski definition) is 3. The van der Waals surface area contributed by atoms with Gasteiger partial charge in [0.1, 0.15) is 0 Å². The minimum Gasteiger partial charge on any atom is -0.315 e. The van der Waals surface area contributed by atoms with E-state index < -0.39 is 0 Å². The first-order chi connectivity index (χ1) is 6.66. The maximum Gasteiger partial charge on any atom is 0.232 e. The van der Waals surface area contributed by atoms with Gasteiger partial charge in [-0.1, -0.05) is 13.8 Å². The van der Waals surface area contributed by atoms with E-state index in [-0.39, 0.29) is 17.7 Å². The van der Waals surface area contributed by atoms with Gasteiger partial charge in [-0.25, -0.2) is 0 Å². The van der Waals surface area contributed by atoms with E-state index in [9.17, 15) is 9.59 Å². The Morgan fingerprint density at radius 1 is 1.43 bits per heavy atom. The second kappa shape index (κ2) is 5.10. The van der Waals surface area contributed by atoms with Crippen molar-refractivity contribution in [1.29, 1.82) is 0 Å². The molecule has 0 aliphatic carbocycles. The molecule has 1 aliphatic rings. The first kappa shape index (κ1) is 11.2. The number of likely N-dealkylation sites (tertiary alicyclic amines) is 1. The molecule has 1 fully saturated rings. The van der Waals surface area contributed by atoms with Gasteiger partial charge in [0.25, 0.3) is 0 Å². The Balaban J connectivity index is 2.30. The smallest absolute Gasteiger partial charge is 0.232 e. The Hall–Kier alpha value is -0.900. The van der Waals surface area contributed by atoms with E-state index in [1.807, 2.05) is 0 Å². The summed E-state index contributed by atoms with van der Waals surface area (Å²) in [5, 5.41) is 3.17. The molecule has 4 heteroatoms. The summed E-state index contributed by atoms with van der Waals surface area (Å²) in [6.45, 7) is 6.05. The Labute approximate surface area is 84.7 Å². The molecular weight excluding hydrogens is 180 g/mol. The Morgan fingerprint density at radius 2 is 2.14 bits per heavy atom. The fourth-order valence-corrected chi connectivity index (χ4v) is 1.58. The molecular formula is C10H18N2O2. The van der Waals surface area contributed by atoms with Crippen molar-refractivity contribution in [3.8, 4) is 0 Å². The summed E-state index contributed by atoms with van der Waals surface area (Å²) in [7, 11) is 0. The first-order valence-corrected chi connectivity index (χ1v) is 5.21. The molecule has 0 radical (unpaired) electrons. The Bertz CT molecular complexity index is 228. The summed E-state index contributed by atoms with van der Waals surface area (Å²) in [6, 6.07) is 0. The average Bonchev–Trinajstić information content (AvgIpc) is 2.38. The normalized spacial score (nSPS) is 22.1. The molecule has 80 valence electrons. The van der Waals surface area contributed by atoms with E-state index in [0.717, 1.165) is 13.0 Å². The van der Waals surface area contributed by atoms with Crippen LogP contribution in [0.3, 0.4) is 0 Å². The molecule has 2 amide bonds. The lowest BCUT2D eigenvalue weighted by Crippen LogP contribution is -2.36. The molecule has 0 spiro atoms. The van der Waals surface area contributed by atoms with Gasteiger partial charge >= 0.3 is 0 Å². The molecule has 0 saturated carbocycles. The largest absolute Gasteiger partial charge is 0.315 e. The summed E-state index contributed by atoms with van der Waals surface area (Å²) >= 11 is 0. The van der Waals surface area contributed by atoms with Gasteiger partial charge in [0.15, 0.2) is 0 Å². The SMILES string of the molecule is CCCNCCN1C(=O)CC(C)C1=O. The van der Waals surface area contributed by atoms with Gasteiger partial charge < -0.3 is 5.32 Å². The number of nitrogens with zero attached hydrogens (tertiary/aromatic N) is 1. The van der Waals surface area contributed by atoms with Crippen molar-refractivity contribution in [2.45, 2.75) is 26.7 Å². The molecule has 1 N–H and O–H groups in total. The minimum atomic E-state index is -0.117. The number of rotatable bonds is 5. The van der Waals surface area contributed by atoms with E-state index in [1.54, 1.807) is 6.92 Å². The fourth-order valence-electron chi connectivity index (χ4n) is 1.58. The van der Waals surface area contributed by atoms with Crippen LogP contribution in [0.5, 0.6) is 0 Å². The highest BCUT2D eigenvalue weighted by Crippen LogP contribution is 2.17. The number of carbonyl (C=O) groups excluding carboxylic acids is 2. The molecule has 4 nitrogen and oxygen atoms in total. The van der Waals surface area contributed by atoms with Crippen LogP contribution < -0.4 is 5.32 Å². The molecule has 0 aromatic rings. The van der Waals surface area contributed by atoms with Crippen molar-refractivity contribution in [3.63, 3.8) is 0 Å². The van der Waals surface area contributed by atoms with Crippen LogP contribution in [0.4, 0.5) is 0 Å². The van der Waals surface area contributed by atoms with E-state index in [1.165, 1.54) is 4.90 Å². The Kier molecular flexibility index (Phi) is 4.07. The van der Waals surface area contributed by atoms with Gasteiger partial charge in [0.2, 0.25) is 11.8 Å². The Morgan fingerprint density at radius 3 is 2.64 bits per heavy atom. The van der Waals surface area contributed by atoms with Crippen molar-refractivity contribution in [2.24, 2.45) is 5.92 Å². The van der Waals surface area contributed by atoms with E-state index in [2.05, 4.69) is 12.2 Å². The lowest BCUT2D eigenvalue weighted by Gasteiger charge is -2.14. The van der Waals surface area contributed by atoms with Crippen molar-refractivity contribution in [3.05, 3.63) is 0 Å². The van der Waals surface area contributed by atoms with Gasteiger partial charge in [-0.3, -0.25) is 14.5 Å². The van der Waals surface area contributed by atoms with Gasteiger partial charge in [0.05, 0.1) is 0 Å². The predicted octanol–water partition coefficient (Wildman–Crippen LogP) is 0.381.